The maximum atomic E-state index is 12.5. The minimum Gasteiger partial charge on any atom is -0.379 e. The third-order valence-corrected chi connectivity index (χ3v) is 5.43. The average molecular weight is 336 g/mol. The molecule has 2 aliphatic rings. The largest absolute Gasteiger partial charge is 0.379 e. The van der Waals surface area contributed by atoms with Gasteiger partial charge in [0.15, 0.2) is 0 Å². The summed E-state index contributed by atoms with van der Waals surface area (Å²) >= 11 is 0. The standard InChI is InChI=1S/C21H24N2O2/c1-15(23-10-12-25-13-11-23)16-6-8-18(9-7-16)22-21(24)20-14-17-4-2-3-5-19(17)20/h2-9,15,20H,10-14H2,1H3,(H,22,24)/t15-,20+/m1/s1. The third-order valence-electron chi connectivity index (χ3n) is 5.43. The van der Waals surface area contributed by atoms with Crippen LogP contribution in [0.25, 0.3) is 0 Å². The lowest BCUT2D eigenvalue weighted by molar-refractivity contribution is -0.118. The molecule has 25 heavy (non-hydrogen) atoms. The van der Waals surface area contributed by atoms with Crippen molar-refractivity contribution in [3.8, 4) is 0 Å². The molecule has 0 unspecified atom stereocenters. The van der Waals surface area contributed by atoms with Crippen LogP contribution in [-0.2, 0) is 16.0 Å². The molecule has 4 rings (SSSR count). The zero-order chi connectivity index (χ0) is 17.2. The van der Waals surface area contributed by atoms with Gasteiger partial charge in [-0.25, -0.2) is 0 Å². The highest BCUT2D eigenvalue weighted by molar-refractivity contribution is 5.97. The number of amides is 1. The van der Waals surface area contributed by atoms with Gasteiger partial charge in [-0.05, 0) is 42.2 Å². The van der Waals surface area contributed by atoms with Crippen LogP contribution in [0.4, 0.5) is 5.69 Å². The lowest BCUT2D eigenvalue weighted by Gasteiger charge is -2.32. The van der Waals surface area contributed by atoms with Crippen LogP contribution in [0, 0.1) is 0 Å². The summed E-state index contributed by atoms with van der Waals surface area (Å²) in [5.41, 5.74) is 4.59. The summed E-state index contributed by atoms with van der Waals surface area (Å²) < 4.78 is 5.42. The molecule has 1 heterocycles. The number of carbonyl (C=O) groups is 1. The quantitative estimate of drug-likeness (QED) is 0.931. The van der Waals surface area contributed by atoms with Crippen LogP contribution < -0.4 is 5.32 Å². The van der Waals surface area contributed by atoms with E-state index in [2.05, 4.69) is 41.4 Å². The van der Waals surface area contributed by atoms with E-state index in [0.29, 0.717) is 6.04 Å². The molecule has 4 heteroatoms. The number of rotatable bonds is 4. The van der Waals surface area contributed by atoms with E-state index in [1.165, 1.54) is 11.1 Å². The number of carbonyl (C=O) groups excluding carboxylic acids is 1. The van der Waals surface area contributed by atoms with E-state index in [1.54, 1.807) is 0 Å². The van der Waals surface area contributed by atoms with Gasteiger partial charge in [-0.3, -0.25) is 9.69 Å². The Bertz CT molecular complexity index is 751. The third kappa shape index (κ3) is 3.32. The Kier molecular flexibility index (Phi) is 4.55. The summed E-state index contributed by atoms with van der Waals surface area (Å²) in [6.07, 6.45) is 0.841. The van der Waals surface area contributed by atoms with Crippen molar-refractivity contribution in [2.45, 2.75) is 25.3 Å². The molecule has 1 aliphatic carbocycles. The number of fused-ring (bicyclic) bond motifs is 1. The number of hydrogen-bond acceptors (Lipinski definition) is 3. The Balaban J connectivity index is 1.38. The van der Waals surface area contributed by atoms with E-state index < -0.39 is 0 Å². The van der Waals surface area contributed by atoms with Crippen molar-refractivity contribution in [1.29, 1.82) is 0 Å². The fraction of sp³-hybridized carbons (Fsp3) is 0.381. The van der Waals surface area contributed by atoms with Gasteiger partial charge in [-0.15, -0.1) is 0 Å². The van der Waals surface area contributed by atoms with Gasteiger partial charge in [0.25, 0.3) is 0 Å². The molecule has 0 bridgehead atoms. The van der Waals surface area contributed by atoms with Crippen LogP contribution in [0.3, 0.4) is 0 Å². The SMILES string of the molecule is C[C@H](c1ccc(NC(=O)[C@H]2Cc3ccccc32)cc1)N1CCOCC1. The van der Waals surface area contributed by atoms with Gasteiger partial charge >= 0.3 is 0 Å². The van der Waals surface area contributed by atoms with Crippen molar-refractivity contribution in [2.75, 3.05) is 31.6 Å². The van der Waals surface area contributed by atoms with E-state index in [1.807, 2.05) is 24.3 Å². The van der Waals surface area contributed by atoms with Crippen LogP contribution in [0.15, 0.2) is 48.5 Å². The lowest BCUT2D eigenvalue weighted by atomic mass is 9.77. The topological polar surface area (TPSA) is 41.6 Å². The van der Waals surface area contributed by atoms with Crippen molar-refractivity contribution in [2.24, 2.45) is 0 Å². The molecule has 0 spiro atoms. The minimum absolute atomic E-state index is 0.0110. The first-order valence-corrected chi connectivity index (χ1v) is 9.03. The van der Waals surface area contributed by atoms with E-state index in [4.69, 9.17) is 4.74 Å². The minimum atomic E-state index is -0.0110. The van der Waals surface area contributed by atoms with Gasteiger partial charge in [-0.2, -0.15) is 0 Å². The highest BCUT2D eigenvalue weighted by atomic mass is 16.5. The Hall–Kier alpha value is -2.17. The molecule has 1 aliphatic heterocycles. The average Bonchev–Trinajstić information content (AvgIpc) is 2.63. The van der Waals surface area contributed by atoms with Gasteiger partial charge in [0.1, 0.15) is 0 Å². The predicted molar refractivity (Wildman–Crippen MR) is 98.8 cm³/mol. The predicted octanol–water partition coefficient (Wildman–Crippen LogP) is 3.36. The smallest absolute Gasteiger partial charge is 0.232 e. The number of nitrogens with one attached hydrogen (secondary N) is 1. The molecule has 1 fully saturated rings. The summed E-state index contributed by atoms with van der Waals surface area (Å²) in [7, 11) is 0. The molecule has 4 nitrogen and oxygen atoms in total. The second-order valence-corrected chi connectivity index (χ2v) is 6.89. The second-order valence-electron chi connectivity index (χ2n) is 6.89. The summed E-state index contributed by atoms with van der Waals surface area (Å²) in [5.74, 6) is 0.0795. The number of hydrogen-bond donors (Lipinski definition) is 1. The van der Waals surface area contributed by atoms with Crippen molar-refractivity contribution in [3.05, 3.63) is 65.2 Å². The first kappa shape index (κ1) is 16.3. The molecule has 2 aromatic rings. The Morgan fingerprint density at radius 2 is 1.84 bits per heavy atom. The molecule has 1 N–H and O–H groups in total. The van der Waals surface area contributed by atoms with Crippen LogP contribution in [0.5, 0.6) is 0 Å². The molecule has 2 aromatic carbocycles. The van der Waals surface area contributed by atoms with Gasteiger partial charge in [0.05, 0.1) is 19.1 Å². The molecule has 1 amide bonds. The second kappa shape index (κ2) is 6.98. The van der Waals surface area contributed by atoms with Gasteiger partial charge < -0.3 is 10.1 Å². The van der Waals surface area contributed by atoms with Crippen LogP contribution in [0.1, 0.15) is 35.6 Å². The number of morpholine rings is 1. The highest BCUT2D eigenvalue weighted by Gasteiger charge is 2.31. The highest BCUT2D eigenvalue weighted by Crippen LogP contribution is 2.35. The van der Waals surface area contributed by atoms with E-state index in [0.717, 1.165) is 44.0 Å². The Morgan fingerprint density at radius 1 is 1.12 bits per heavy atom. The molecule has 0 radical (unpaired) electrons. The normalized spacial score (nSPS) is 21.1. The maximum absolute atomic E-state index is 12.5. The summed E-state index contributed by atoms with van der Waals surface area (Å²) in [5, 5.41) is 3.06. The number of benzene rings is 2. The molecule has 1 saturated heterocycles. The molecule has 2 atom stereocenters. The fourth-order valence-corrected chi connectivity index (χ4v) is 3.74. The number of anilines is 1. The van der Waals surface area contributed by atoms with Crippen molar-refractivity contribution in [3.63, 3.8) is 0 Å². The molecular formula is C21H24N2O2. The first-order chi connectivity index (χ1) is 12.2. The number of ether oxygens (including phenoxy) is 1. The van der Waals surface area contributed by atoms with Gasteiger partial charge in [0.2, 0.25) is 5.91 Å². The monoisotopic (exact) mass is 336 g/mol. The zero-order valence-corrected chi connectivity index (χ0v) is 14.6. The van der Waals surface area contributed by atoms with Crippen molar-refractivity contribution >= 4 is 11.6 Å². The van der Waals surface area contributed by atoms with Crippen LogP contribution in [-0.4, -0.2) is 37.1 Å². The van der Waals surface area contributed by atoms with E-state index >= 15 is 0 Å². The van der Waals surface area contributed by atoms with Crippen LogP contribution >= 0.6 is 0 Å². The van der Waals surface area contributed by atoms with E-state index in [9.17, 15) is 4.79 Å². The molecule has 0 saturated carbocycles. The molecule has 0 aromatic heterocycles. The molecular weight excluding hydrogens is 312 g/mol. The lowest BCUT2D eigenvalue weighted by Crippen LogP contribution is -2.38. The van der Waals surface area contributed by atoms with Gasteiger partial charge in [0, 0.05) is 24.8 Å². The zero-order valence-electron chi connectivity index (χ0n) is 14.6. The maximum Gasteiger partial charge on any atom is 0.232 e. The summed E-state index contributed by atoms with van der Waals surface area (Å²) in [6.45, 7) is 5.79. The summed E-state index contributed by atoms with van der Waals surface area (Å²) in [4.78, 5) is 14.9. The number of nitrogens with zero attached hydrogens (tertiary/aromatic N) is 1. The first-order valence-electron chi connectivity index (χ1n) is 9.03. The fourth-order valence-electron chi connectivity index (χ4n) is 3.74. The van der Waals surface area contributed by atoms with Gasteiger partial charge in [-0.1, -0.05) is 36.4 Å². The van der Waals surface area contributed by atoms with E-state index in [-0.39, 0.29) is 11.8 Å². The van der Waals surface area contributed by atoms with Crippen LogP contribution in [0.2, 0.25) is 0 Å². The van der Waals surface area contributed by atoms with Crippen molar-refractivity contribution in [1.82, 2.24) is 4.90 Å². The van der Waals surface area contributed by atoms with Crippen molar-refractivity contribution < 1.29 is 9.53 Å². The molecule has 130 valence electrons. The Labute approximate surface area is 148 Å². The Morgan fingerprint density at radius 3 is 2.56 bits per heavy atom. The summed E-state index contributed by atoms with van der Waals surface area (Å²) in [6, 6.07) is 16.8.